The molecular formula is C16H27BrN2OS. The minimum absolute atomic E-state index is 0.0252. The molecule has 3 nitrogen and oxygen atoms in total. The van der Waals surface area contributed by atoms with E-state index >= 15 is 0 Å². The number of rotatable bonds is 12. The SMILES string of the molecule is CCCc1cc(=O)[nH]c(SCCCCCCCCCBr)n1. The van der Waals surface area contributed by atoms with Gasteiger partial charge in [0.25, 0.3) is 5.56 Å². The maximum atomic E-state index is 11.5. The first-order valence-electron chi connectivity index (χ1n) is 8.05. The van der Waals surface area contributed by atoms with Gasteiger partial charge in [-0.1, -0.05) is 73.1 Å². The van der Waals surface area contributed by atoms with Crippen molar-refractivity contribution in [2.45, 2.75) is 69.9 Å². The third-order valence-electron chi connectivity index (χ3n) is 3.30. The van der Waals surface area contributed by atoms with Gasteiger partial charge in [0, 0.05) is 22.8 Å². The van der Waals surface area contributed by atoms with Crippen LogP contribution in [0.25, 0.3) is 0 Å². The van der Waals surface area contributed by atoms with Crippen molar-refractivity contribution in [1.29, 1.82) is 0 Å². The number of aromatic amines is 1. The second kappa shape index (κ2) is 12.3. The van der Waals surface area contributed by atoms with E-state index in [1.54, 1.807) is 17.8 Å². The molecule has 0 aliphatic carbocycles. The van der Waals surface area contributed by atoms with Crippen LogP contribution in [0.3, 0.4) is 0 Å². The van der Waals surface area contributed by atoms with Gasteiger partial charge in [0.2, 0.25) is 0 Å². The van der Waals surface area contributed by atoms with Crippen LogP contribution in [-0.2, 0) is 6.42 Å². The van der Waals surface area contributed by atoms with Crippen LogP contribution in [0.4, 0.5) is 0 Å². The van der Waals surface area contributed by atoms with E-state index in [1.807, 2.05) is 0 Å². The van der Waals surface area contributed by atoms with E-state index in [0.717, 1.165) is 34.8 Å². The van der Waals surface area contributed by atoms with Crippen molar-refractivity contribution >= 4 is 27.7 Å². The van der Waals surface area contributed by atoms with Crippen molar-refractivity contribution in [3.05, 3.63) is 22.1 Å². The average molecular weight is 375 g/mol. The van der Waals surface area contributed by atoms with Crippen LogP contribution < -0.4 is 5.56 Å². The van der Waals surface area contributed by atoms with Gasteiger partial charge in [0.15, 0.2) is 5.16 Å². The molecule has 5 heteroatoms. The van der Waals surface area contributed by atoms with E-state index in [9.17, 15) is 4.79 Å². The minimum atomic E-state index is -0.0252. The molecule has 0 atom stereocenters. The predicted octanol–water partition coefficient (Wildman–Crippen LogP) is 4.94. The number of thioether (sulfide) groups is 1. The van der Waals surface area contributed by atoms with Crippen LogP contribution in [-0.4, -0.2) is 21.1 Å². The smallest absolute Gasteiger partial charge is 0.251 e. The topological polar surface area (TPSA) is 45.8 Å². The number of aromatic nitrogens is 2. The first-order valence-corrected chi connectivity index (χ1v) is 10.2. The predicted molar refractivity (Wildman–Crippen MR) is 95.7 cm³/mol. The number of hydrogen-bond donors (Lipinski definition) is 1. The summed E-state index contributed by atoms with van der Waals surface area (Å²) in [6.07, 6.45) is 11.0. The summed E-state index contributed by atoms with van der Waals surface area (Å²) in [4.78, 5) is 18.9. The summed E-state index contributed by atoms with van der Waals surface area (Å²) in [6, 6.07) is 1.61. The number of hydrogen-bond acceptors (Lipinski definition) is 3. The molecule has 0 spiro atoms. The Kier molecular flexibility index (Phi) is 11.0. The van der Waals surface area contributed by atoms with Crippen LogP contribution in [0.1, 0.15) is 64.0 Å². The number of halogens is 1. The molecule has 0 bridgehead atoms. The summed E-state index contributed by atoms with van der Waals surface area (Å²) in [7, 11) is 0. The van der Waals surface area contributed by atoms with Gasteiger partial charge < -0.3 is 4.98 Å². The Bertz CT molecular complexity index is 437. The molecule has 0 aliphatic rings. The maximum Gasteiger partial charge on any atom is 0.251 e. The molecule has 120 valence electrons. The third kappa shape index (κ3) is 9.35. The van der Waals surface area contributed by atoms with E-state index in [-0.39, 0.29) is 5.56 Å². The Labute approximate surface area is 140 Å². The van der Waals surface area contributed by atoms with Gasteiger partial charge in [-0.2, -0.15) is 0 Å². The van der Waals surface area contributed by atoms with Gasteiger partial charge in [-0.15, -0.1) is 0 Å². The Morgan fingerprint density at radius 3 is 2.48 bits per heavy atom. The highest BCUT2D eigenvalue weighted by Gasteiger charge is 2.01. The van der Waals surface area contributed by atoms with Gasteiger partial charge >= 0.3 is 0 Å². The van der Waals surface area contributed by atoms with Gasteiger partial charge in [0.1, 0.15) is 0 Å². The average Bonchev–Trinajstić information content (AvgIpc) is 2.45. The van der Waals surface area contributed by atoms with Gasteiger partial charge in [0.05, 0.1) is 0 Å². The summed E-state index contributed by atoms with van der Waals surface area (Å²) in [6.45, 7) is 2.10. The number of nitrogens with zero attached hydrogens (tertiary/aromatic N) is 1. The largest absolute Gasteiger partial charge is 0.301 e. The van der Waals surface area contributed by atoms with Crippen LogP contribution in [0, 0.1) is 0 Å². The Hall–Kier alpha value is -0.290. The number of aryl methyl sites for hydroxylation is 1. The third-order valence-corrected chi connectivity index (χ3v) is 4.82. The zero-order valence-corrected chi connectivity index (χ0v) is 15.4. The summed E-state index contributed by atoms with van der Waals surface area (Å²) >= 11 is 5.13. The molecule has 0 fully saturated rings. The zero-order valence-electron chi connectivity index (χ0n) is 13.0. The maximum absolute atomic E-state index is 11.5. The Balaban J connectivity index is 2.13. The van der Waals surface area contributed by atoms with Crippen molar-refractivity contribution in [3.63, 3.8) is 0 Å². The highest BCUT2D eigenvalue weighted by atomic mass is 79.9. The molecule has 0 saturated carbocycles. The number of H-pyrrole nitrogens is 1. The van der Waals surface area contributed by atoms with Crippen molar-refractivity contribution in [2.24, 2.45) is 0 Å². The second-order valence-corrected chi connectivity index (χ2v) is 7.18. The van der Waals surface area contributed by atoms with Gasteiger partial charge in [-0.3, -0.25) is 4.79 Å². The molecular weight excluding hydrogens is 348 g/mol. The fraction of sp³-hybridized carbons (Fsp3) is 0.750. The molecule has 1 heterocycles. The monoisotopic (exact) mass is 374 g/mol. The molecule has 0 unspecified atom stereocenters. The number of unbranched alkanes of at least 4 members (excludes halogenated alkanes) is 6. The lowest BCUT2D eigenvalue weighted by atomic mass is 10.1. The molecule has 1 aromatic rings. The lowest BCUT2D eigenvalue weighted by Gasteiger charge is -2.04. The summed E-state index contributed by atoms with van der Waals surface area (Å²) in [5, 5.41) is 1.91. The molecule has 0 amide bonds. The van der Waals surface area contributed by atoms with Crippen molar-refractivity contribution in [2.75, 3.05) is 11.1 Å². The van der Waals surface area contributed by atoms with E-state index in [1.165, 1.54) is 44.9 Å². The molecule has 0 saturated heterocycles. The lowest BCUT2D eigenvalue weighted by molar-refractivity contribution is 0.606. The normalized spacial score (nSPS) is 11.0. The van der Waals surface area contributed by atoms with Crippen LogP contribution in [0.5, 0.6) is 0 Å². The first kappa shape index (κ1) is 18.8. The quantitative estimate of drug-likeness (QED) is 0.244. The van der Waals surface area contributed by atoms with Crippen molar-refractivity contribution in [1.82, 2.24) is 9.97 Å². The number of alkyl halides is 1. The van der Waals surface area contributed by atoms with E-state index in [4.69, 9.17) is 0 Å². The fourth-order valence-electron chi connectivity index (χ4n) is 2.19. The highest BCUT2D eigenvalue weighted by Crippen LogP contribution is 2.16. The minimum Gasteiger partial charge on any atom is -0.301 e. The molecule has 0 aromatic carbocycles. The zero-order chi connectivity index (χ0) is 15.3. The molecule has 1 N–H and O–H groups in total. The molecule has 21 heavy (non-hydrogen) atoms. The second-order valence-electron chi connectivity index (χ2n) is 5.30. The molecule has 1 rings (SSSR count). The highest BCUT2D eigenvalue weighted by molar-refractivity contribution is 9.09. The molecule has 1 aromatic heterocycles. The summed E-state index contributed by atoms with van der Waals surface area (Å²) in [5.41, 5.74) is 0.887. The number of nitrogens with one attached hydrogen (secondary N) is 1. The first-order chi connectivity index (χ1) is 10.3. The van der Waals surface area contributed by atoms with E-state index in [0.29, 0.717) is 0 Å². The van der Waals surface area contributed by atoms with Crippen LogP contribution >= 0.6 is 27.7 Å². The lowest BCUT2D eigenvalue weighted by Crippen LogP contribution is -2.10. The summed E-state index contributed by atoms with van der Waals surface area (Å²) in [5.74, 6) is 1.04. The molecule has 0 aliphatic heterocycles. The van der Waals surface area contributed by atoms with E-state index < -0.39 is 0 Å². The Morgan fingerprint density at radius 2 is 1.81 bits per heavy atom. The Morgan fingerprint density at radius 1 is 1.14 bits per heavy atom. The van der Waals surface area contributed by atoms with Crippen molar-refractivity contribution < 1.29 is 0 Å². The van der Waals surface area contributed by atoms with Crippen molar-refractivity contribution in [3.8, 4) is 0 Å². The molecule has 0 radical (unpaired) electrons. The van der Waals surface area contributed by atoms with Crippen LogP contribution in [0.15, 0.2) is 16.0 Å². The van der Waals surface area contributed by atoms with Gasteiger partial charge in [-0.25, -0.2) is 4.98 Å². The fourth-order valence-corrected chi connectivity index (χ4v) is 3.48. The van der Waals surface area contributed by atoms with Crippen LogP contribution in [0.2, 0.25) is 0 Å². The standard InChI is InChI=1S/C16H27BrN2OS/c1-2-10-14-13-15(20)19-16(18-14)21-12-9-7-5-3-4-6-8-11-17/h13H,2-12H2,1H3,(H,18,19,20). The summed E-state index contributed by atoms with van der Waals surface area (Å²) < 4.78 is 0. The van der Waals surface area contributed by atoms with E-state index in [2.05, 4.69) is 32.8 Å². The van der Waals surface area contributed by atoms with Gasteiger partial charge in [-0.05, 0) is 19.3 Å².